The second kappa shape index (κ2) is 7.37. The first-order valence-electron chi connectivity index (χ1n) is 6.36. The summed E-state index contributed by atoms with van der Waals surface area (Å²) in [5.74, 6) is -0.239. The summed E-state index contributed by atoms with van der Waals surface area (Å²) < 4.78 is 27.1. The van der Waals surface area contributed by atoms with E-state index in [1.165, 1.54) is 12.1 Å². The highest BCUT2D eigenvalue weighted by atomic mass is 32.2. The molecule has 0 saturated carbocycles. The molecule has 0 fully saturated rings. The lowest BCUT2D eigenvalue weighted by Gasteiger charge is -2.14. The van der Waals surface area contributed by atoms with Crippen molar-refractivity contribution in [3.63, 3.8) is 0 Å². The van der Waals surface area contributed by atoms with Gasteiger partial charge in [0.05, 0.1) is 17.9 Å². The van der Waals surface area contributed by atoms with Crippen molar-refractivity contribution in [2.75, 3.05) is 13.2 Å². The number of carbonyl (C=O) groups excluding carboxylic acids is 1. The topological polar surface area (TPSA) is 98.5 Å². The van der Waals surface area contributed by atoms with Crippen LogP contribution in [0, 0.1) is 0 Å². The van der Waals surface area contributed by atoms with Crippen LogP contribution in [0.3, 0.4) is 0 Å². The molecule has 0 radical (unpaired) electrons. The molecule has 0 aliphatic carbocycles. The summed E-state index contributed by atoms with van der Waals surface area (Å²) in [4.78, 5) is 11.3. The largest absolute Gasteiger partial charge is 0.466 e. The maximum atomic E-state index is 11.2. The third-order valence-corrected chi connectivity index (χ3v) is 3.72. The lowest BCUT2D eigenvalue weighted by molar-refractivity contribution is -0.143. The van der Waals surface area contributed by atoms with Crippen LogP contribution < -0.4 is 10.5 Å². The molecule has 1 aromatic carbocycles. The quantitative estimate of drug-likeness (QED) is 0.730. The lowest BCUT2D eigenvalue weighted by atomic mass is 10.1. The Morgan fingerprint density at radius 2 is 1.95 bits per heavy atom. The highest BCUT2D eigenvalue weighted by molar-refractivity contribution is 7.89. The Morgan fingerprint density at radius 1 is 1.35 bits per heavy atom. The van der Waals surface area contributed by atoms with E-state index in [1.54, 1.807) is 19.1 Å². The summed E-state index contributed by atoms with van der Waals surface area (Å²) in [5, 5.41) is 8.20. The molecule has 0 aliphatic rings. The molecule has 0 aromatic heterocycles. The Kier molecular flexibility index (Phi) is 6.12. The molecule has 3 N–H and O–H groups in total. The standard InChI is InChI=1S/C13H20N2O4S/c1-3-19-13(16)8-9-15-10(2)11-4-6-12(7-5-11)20(14,17)18/h4-7,10,15H,3,8-9H2,1-2H3,(H2,14,17,18). The van der Waals surface area contributed by atoms with E-state index in [0.717, 1.165) is 5.56 Å². The van der Waals surface area contributed by atoms with Crippen LogP contribution in [0.2, 0.25) is 0 Å². The van der Waals surface area contributed by atoms with Crippen molar-refractivity contribution in [1.29, 1.82) is 0 Å². The molecule has 0 amide bonds. The van der Waals surface area contributed by atoms with Gasteiger partial charge in [-0.2, -0.15) is 0 Å². The van der Waals surface area contributed by atoms with Gasteiger partial charge in [0, 0.05) is 12.6 Å². The van der Waals surface area contributed by atoms with Crippen molar-refractivity contribution in [2.24, 2.45) is 5.14 Å². The van der Waals surface area contributed by atoms with E-state index in [-0.39, 0.29) is 16.9 Å². The zero-order chi connectivity index (χ0) is 15.2. The number of ether oxygens (including phenoxy) is 1. The molecule has 1 unspecified atom stereocenters. The second-order valence-corrected chi connectivity index (χ2v) is 5.91. The Morgan fingerprint density at radius 3 is 2.45 bits per heavy atom. The maximum absolute atomic E-state index is 11.2. The zero-order valence-corrected chi connectivity index (χ0v) is 12.4. The van der Waals surface area contributed by atoms with E-state index >= 15 is 0 Å². The molecule has 7 heteroatoms. The van der Waals surface area contributed by atoms with Crippen LogP contribution in [0.15, 0.2) is 29.2 Å². The summed E-state index contributed by atoms with van der Waals surface area (Å²) >= 11 is 0. The van der Waals surface area contributed by atoms with Gasteiger partial charge in [-0.1, -0.05) is 12.1 Å². The number of hydrogen-bond acceptors (Lipinski definition) is 5. The molecule has 1 aromatic rings. The molecule has 20 heavy (non-hydrogen) atoms. The smallest absolute Gasteiger partial charge is 0.307 e. The van der Waals surface area contributed by atoms with Gasteiger partial charge in [0.1, 0.15) is 0 Å². The lowest BCUT2D eigenvalue weighted by Crippen LogP contribution is -2.22. The minimum atomic E-state index is -3.66. The first-order valence-corrected chi connectivity index (χ1v) is 7.91. The van der Waals surface area contributed by atoms with E-state index in [1.807, 2.05) is 6.92 Å². The number of sulfonamides is 1. The highest BCUT2D eigenvalue weighted by Gasteiger charge is 2.10. The Bertz CT molecular complexity index is 540. The first kappa shape index (κ1) is 16.6. The van der Waals surface area contributed by atoms with Crippen LogP contribution in [-0.4, -0.2) is 27.5 Å². The van der Waals surface area contributed by atoms with Crippen LogP contribution in [0.25, 0.3) is 0 Å². The number of rotatable bonds is 7. The minimum Gasteiger partial charge on any atom is -0.466 e. The van der Waals surface area contributed by atoms with Gasteiger partial charge in [-0.15, -0.1) is 0 Å². The number of nitrogens with one attached hydrogen (secondary N) is 1. The number of carbonyl (C=O) groups is 1. The Labute approximate surface area is 119 Å². The van der Waals surface area contributed by atoms with Crippen LogP contribution in [0.4, 0.5) is 0 Å². The fourth-order valence-electron chi connectivity index (χ4n) is 1.69. The normalized spacial score (nSPS) is 12.9. The van der Waals surface area contributed by atoms with Crippen molar-refractivity contribution in [1.82, 2.24) is 5.32 Å². The molecule has 112 valence electrons. The van der Waals surface area contributed by atoms with Crippen molar-refractivity contribution < 1.29 is 17.9 Å². The highest BCUT2D eigenvalue weighted by Crippen LogP contribution is 2.15. The molecule has 1 rings (SSSR count). The molecule has 1 atom stereocenters. The van der Waals surface area contributed by atoms with Gasteiger partial charge < -0.3 is 10.1 Å². The van der Waals surface area contributed by atoms with Crippen LogP contribution in [0.5, 0.6) is 0 Å². The van der Waals surface area contributed by atoms with Gasteiger partial charge in [0.25, 0.3) is 0 Å². The van der Waals surface area contributed by atoms with E-state index in [2.05, 4.69) is 5.32 Å². The number of benzene rings is 1. The summed E-state index contributed by atoms with van der Waals surface area (Å²) in [6.07, 6.45) is 0.299. The van der Waals surface area contributed by atoms with E-state index in [4.69, 9.17) is 9.88 Å². The molecule has 0 saturated heterocycles. The summed E-state index contributed by atoms with van der Waals surface area (Å²) in [6, 6.07) is 6.32. The molecule has 6 nitrogen and oxygen atoms in total. The monoisotopic (exact) mass is 300 g/mol. The molecular weight excluding hydrogens is 280 g/mol. The van der Waals surface area contributed by atoms with Crippen molar-refractivity contribution in [3.05, 3.63) is 29.8 Å². The average Bonchev–Trinajstić information content (AvgIpc) is 2.38. The Hall–Kier alpha value is -1.44. The van der Waals surface area contributed by atoms with Gasteiger partial charge >= 0.3 is 5.97 Å². The van der Waals surface area contributed by atoms with Gasteiger partial charge in [0.2, 0.25) is 10.0 Å². The zero-order valence-electron chi connectivity index (χ0n) is 11.6. The van der Waals surface area contributed by atoms with Crippen LogP contribution in [0.1, 0.15) is 31.9 Å². The second-order valence-electron chi connectivity index (χ2n) is 4.34. The van der Waals surface area contributed by atoms with Crippen LogP contribution >= 0.6 is 0 Å². The van der Waals surface area contributed by atoms with Crippen LogP contribution in [-0.2, 0) is 19.6 Å². The predicted octanol–water partition coefficient (Wildman–Crippen LogP) is 0.938. The van der Waals surface area contributed by atoms with Gasteiger partial charge in [-0.05, 0) is 31.5 Å². The number of nitrogens with two attached hydrogens (primary N) is 1. The van der Waals surface area contributed by atoms with Gasteiger partial charge in [-0.25, -0.2) is 13.6 Å². The fourth-order valence-corrected chi connectivity index (χ4v) is 2.20. The van der Waals surface area contributed by atoms with Crippen molar-refractivity contribution in [3.8, 4) is 0 Å². The van der Waals surface area contributed by atoms with Gasteiger partial charge in [0.15, 0.2) is 0 Å². The average molecular weight is 300 g/mol. The third kappa shape index (κ3) is 5.28. The minimum absolute atomic E-state index is 0.000967. The van der Waals surface area contributed by atoms with Crippen molar-refractivity contribution in [2.45, 2.75) is 31.2 Å². The molecular formula is C13H20N2O4S. The van der Waals surface area contributed by atoms with E-state index in [9.17, 15) is 13.2 Å². The SMILES string of the molecule is CCOC(=O)CCNC(C)c1ccc(S(N)(=O)=O)cc1. The van der Waals surface area contributed by atoms with E-state index < -0.39 is 10.0 Å². The summed E-state index contributed by atoms with van der Waals surface area (Å²) in [6.45, 7) is 4.57. The molecule has 0 bridgehead atoms. The number of esters is 1. The maximum Gasteiger partial charge on any atom is 0.307 e. The molecule has 0 aliphatic heterocycles. The fraction of sp³-hybridized carbons (Fsp3) is 0.462. The van der Waals surface area contributed by atoms with Crippen molar-refractivity contribution >= 4 is 16.0 Å². The van der Waals surface area contributed by atoms with E-state index in [0.29, 0.717) is 19.6 Å². The predicted molar refractivity (Wildman–Crippen MR) is 75.5 cm³/mol. The molecule has 0 spiro atoms. The van der Waals surface area contributed by atoms with Gasteiger partial charge in [-0.3, -0.25) is 4.79 Å². The first-order chi connectivity index (χ1) is 9.34. The number of primary sulfonamides is 1. The number of hydrogen-bond donors (Lipinski definition) is 2. The molecule has 0 heterocycles. The summed E-state index contributed by atoms with van der Waals surface area (Å²) in [7, 11) is -3.66. The summed E-state index contributed by atoms with van der Waals surface area (Å²) in [5.41, 5.74) is 0.918. The third-order valence-electron chi connectivity index (χ3n) is 2.79. The Balaban J connectivity index is 2.52.